The third kappa shape index (κ3) is 5.86. The summed E-state index contributed by atoms with van der Waals surface area (Å²) in [6.45, 7) is 6.81. The predicted molar refractivity (Wildman–Crippen MR) is 117 cm³/mol. The molecule has 8 nitrogen and oxygen atoms in total. The summed E-state index contributed by atoms with van der Waals surface area (Å²) in [7, 11) is 0. The summed E-state index contributed by atoms with van der Waals surface area (Å²) in [4.78, 5) is 26.9. The molecule has 1 aliphatic rings. The minimum Gasteiger partial charge on any atom is -0.506 e. The van der Waals surface area contributed by atoms with Crippen LogP contribution in [0.25, 0.3) is 10.8 Å². The summed E-state index contributed by atoms with van der Waals surface area (Å²) in [5.41, 5.74) is 5.31. The number of nitrogens with two attached hydrogens (primary N) is 1. The average Bonchev–Trinajstić information content (AvgIpc) is 2.77. The zero-order valence-corrected chi connectivity index (χ0v) is 17.9. The van der Waals surface area contributed by atoms with Crippen molar-refractivity contribution in [2.45, 2.75) is 26.2 Å². The Balaban J connectivity index is 1.74. The topological polar surface area (TPSA) is 111 Å². The van der Waals surface area contributed by atoms with Gasteiger partial charge in [-0.1, -0.05) is 13.3 Å². The summed E-state index contributed by atoms with van der Waals surface area (Å²) < 4.78 is 16.4. The van der Waals surface area contributed by atoms with Crippen LogP contribution in [-0.4, -0.2) is 67.9 Å². The van der Waals surface area contributed by atoms with E-state index in [4.69, 9.17) is 19.9 Å². The van der Waals surface area contributed by atoms with Crippen molar-refractivity contribution in [2.24, 2.45) is 5.73 Å². The van der Waals surface area contributed by atoms with Gasteiger partial charge in [-0.15, -0.1) is 0 Å². The number of fused-ring (bicyclic) bond motifs is 1. The highest BCUT2D eigenvalue weighted by Crippen LogP contribution is 2.33. The van der Waals surface area contributed by atoms with Crippen LogP contribution in [0, 0.1) is 0 Å². The van der Waals surface area contributed by atoms with Gasteiger partial charge in [-0.3, -0.25) is 9.69 Å². The molecule has 31 heavy (non-hydrogen) atoms. The van der Waals surface area contributed by atoms with E-state index in [0.717, 1.165) is 32.5 Å². The van der Waals surface area contributed by atoms with Crippen molar-refractivity contribution in [3.63, 3.8) is 0 Å². The normalized spacial score (nSPS) is 14.5. The number of benzene rings is 2. The minimum atomic E-state index is -0.816. The van der Waals surface area contributed by atoms with E-state index in [1.54, 1.807) is 18.2 Å². The number of carbonyl (C=O) groups excluding carboxylic acids is 2. The molecule has 0 radical (unpaired) electrons. The molecule has 0 saturated carbocycles. The van der Waals surface area contributed by atoms with E-state index in [0.29, 0.717) is 42.8 Å². The zero-order valence-electron chi connectivity index (χ0n) is 17.9. The molecular weight excluding hydrogens is 400 g/mol. The number of carbonyl (C=O) groups is 2. The second-order valence-electron chi connectivity index (χ2n) is 7.54. The molecule has 1 saturated heterocycles. The Hall–Kier alpha value is -2.84. The van der Waals surface area contributed by atoms with E-state index < -0.39 is 17.6 Å². The monoisotopic (exact) mass is 430 g/mol. The first-order valence-electron chi connectivity index (χ1n) is 10.7. The van der Waals surface area contributed by atoms with Gasteiger partial charge in [0.25, 0.3) is 5.91 Å². The molecule has 0 spiro atoms. The number of ether oxygens (including phenoxy) is 3. The molecule has 1 heterocycles. The van der Waals surface area contributed by atoms with Crippen LogP contribution in [0.4, 0.5) is 0 Å². The highest BCUT2D eigenvalue weighted by Gasteiger charge is 2.22. The number of hydrogen-bond donors (Lipinski definition) is 2. The van der Waals surface area contributed by atoms with Gasteiger partial charge in [0.1, 0.15) is 17.1 Å². The number of aromatic hydroxyl groups is 1. The fraction of sp³-hybridized carbons (Fsp3) is 0.478. The standard InChI is InChI=1S/C23H30N2O6/c1-2-3-10-30-17-5-6-18-16(14-17)15-19(21(26)20(18)22(24)27)23(28)31-11-4-7-25-8-12-29-13-9-25/h5-6,14-15,26H,2-4,7-13H2,1H3,(H2,24,27). The molecule has 0 bridgehead atoms. The maximum atomic E-state index is 12.6. The van der Waals surface area contributed by atoms with Gasteiger partial charge in [0, 0.05) is 19.6 Å². The van der Waals surface area contributed by atoms with E-state index in [9.17, 15) is 14.7 Å². The van der Waals surface area contributed by atoms with Crippen molar-refractivity contribution in [3.05, 3.63) is 35.4 Å². The van der Waals surface area contributed by atoms with Crippen LogP contribution in [0.2, 0.25) is 0 Å². The van der Waals surface area contributed by atoms with Gasteiger partial charge in [-0.05, 0) is 47.9 Å². The number of primary amides is 1. The first-order valence-corrected chi connectivity index (χ1v) is 10.7. The zero-order chi connectivity index (χ0) is 22.2. The molecule has 1 amide bonds. The van der Waals surface area contributed by atoms with Crippen molar-refractivity contribution < 1.29 is 28.9 Å². The number of rotatable bonds is 10. The van der Waals surface area contributed by atoms with Crippen molar-refractivity contribution in [1.82, 2.24) is 4.90 Å². The molecule has 2 aromatic carbocycles. The third-order valence-corrected chi connectivity index (χ3v) is 5.27. The maximum Gasteiger partial charge on any atom is 0.341 e. The Morgan fingerprint density at radius 3 is 2.65 bits per heavy atom. The Labute approximate surface area is 181 Å². The lowest BCUT2D eigenvalue weighted by atomic mass is 9.98. The van der Waals surface area contributed by atoms with Crippen molar-refractivity contribution in [2.75, 3.05) is 46.1 Å². The lowest BCUT2D eigenvalue weighted by Gasteiger charge is -2.26. The molecule has 1 fully saturated rings. The van der Waals surface area contributed by atoms with Crippen LogP contribution < -0.4 is 10.5 Å². The summed E-state index contributed by atoms with van der Waals surface area (Å²) in [6.07, 6.45) is 2.59. The smallest absolute Gasteiger partial charge is 0.341 e. The molecule has 0 aromatic heterocycles. The summed E-state index contributed by atoms with van der Waals surface area (Å²) >= 11 is 0. The fourth-order valence-electron chi connectivity index (χ4n) is 3.56. The summed E-state index contributed by atoms with van der Waals surface area (Å²) in [6, 6.07) is 6.61. The molecular formula is C23H30N2O6. The Kier molecular flexibility index (Phi) is 8.08. The quantitative estimate of drug-likeness (QED) is 0.440. The van der Waals surface area contributed by atoms with Crippen molar-refractivity contribution in [1.29, 1.82) is 0 Å². The van der Waals surface area contributed by atoms with Crippen LogP contribution in [0.1, 0.15) is 46.9 Å². The van der Waals surface area contributed by atoms with E-state index in [-0.39, 0.29) is 17.7 Å². The number of unbranched alkanes of at least 4 members (excludes halogenated alkanes) is 1. The number of amides is 1. The van der Waals surface area contributed by atoms with Crippen molar-refractivity contribution in [3.8, 4) is 11.5 Å². The average molecular weight is 431 g/mol. The summed E-state index contributed by atoms with van der Waals surface area (Å²) in [5.74, 6) is -1.35. The van der Waals surface area contributed by atoms with E-state index >= 15 is 0 Å². The number of nitrogens with zero attached hydrogens (tertiary/aromatic N) is 1. The first-order chi connectivity index (χ1) is 15.0. The molecule has 0 aliphatic carbocycles. The van der Waals surface area contributed by atoms with E-state index in [1.807, 2.05) is 0 Å². The maximum absolute atomic E-state index is 12.6. The minimum absolute atomic E-state index is 0.0848. The fourth-order valence-corrected chi connectivity index (χ4v) is 3.56. The number of phenols is 1. The van der Waals surface area contributed by atoms with Crippen LogP contribution >= 0.6 is 0 Å². The van der Waals surface area contributed by atoms with Crippen LogP contribution in [0.5, 0.6) is 11.5 Å². The molecule has 0 atom stereocenters. The molecule has 1 aliphatic heterocycles. The van der Waals surface area contributed by atoms with Crippen LogP contribution in [-0.2, 0) is 9.47 Å². The van der Waals surface area contributed by atoms with Crippen LogP contribution in [0.15, 0.2) is 24.3 Å². The second-order valence-corrected chi connectivity index (χ2v) is 7.54. The first kappa shape index (κ1) is 22.8. The SMILES string of the molecule is CCCCOc1ccc2c(C(N)=O)c(O)c(C(=O)OCCCN3CCOCC3)cc2c1. The number of esters is 1. The molecule has 3 N–H and O–H groups in total. The van der Waals surface area contributed by atoms with Gasteiger partial charge < -0.3 is 25.1 Å². The Bertz CT molecular complexity index is 924. The summed E-state index contributed by atoms with van der Waals surface area (Å²) in [5, 5.41) is 11.6. The number of hydrogen-bond acceptors (Lipinski definition) is 7. The van der Waals surface area contributed by atoms with Gasteiger partial charge in [0.2, 0.25) is 0 Å². The van der Waals surface area contributed by atoms with Crippen molar-refractivity contribution >= 4 is 22.6 Å². The largest absolute Gasteiger partial charge is 0.506 e. The molecule has 8 heteroatoms. The van der Waals surface area contributed by atoms with E-state index in [1.165, 1.54) is 6.07 Å². The number of morpholine rings is 1. The van der Waals surface area contributed by atoms with Gasteiger partial charge in [-0.25, -0.2) is 4.79 Å². The second kappa shape index (κ2) is 11.0. The predicted octanol–water partition coefficient (Wildman–Crippen LogP) is 2.70. The Morgan fingerprint density at radius 2 is 1.94 bits per heavy atom. The Morgan fingerprint density at radius 1 is 1.16 bits per heavy atom. The van der Waals surface area contributed by atoms with Gasteiger partial charge in [0.15, 0.2) is 0 Å². The van der Waals surface area contributed by atoms with Gasteiger partial charge in [-0.2, -0.15) is 0 Å². The highest BCUT2D eigenvalue weighted by molar-refractivity contribution is 6.13. The molecule has 0 unspecified atom stereocenters. The van der Waals surface area contributed by atoms with Crippen LogP contribution in [0.3, 0.4) is 0 Å². The molecule has 3 rings (SSSR count). The third-order valence-electron chi connectivity index (χ3n) is 5.27. The van der Waals surface area contributed by atoms with Gasteiger partial charge in [0.05, 0.1) is 32.0 Å². The lowest BCUT2D eigenvalue weighted by Crippen LogP contribution is -2.37. The lowest BCUT2D eigenvalue weighted by molar-refractivity contribution is 0.0297. The van der Waals surface area contributed by atoms with Gasteiger partial charge >= 0.3 is 5.97 Å². The highest BCUT2D eigenvalue weighted by atomic mass is 16.5. The molecule has 2 aromatic rings. The van der Waals surface area contributed by atoms with E-state index in [2.05, 4.69) is 11.8 Å². The molecule has 168 valence electrons.